The molecule has 0 aliphatic rings. The predicted molar refractivity (Wildman–Crippen MR) is 106 cm³/mol. The van der Waals surface area contributed by atoms with Crippen LogP contribution >= 0.6 is 0 Å². The van der Waals surface area contributed by atoms with E-state index in [2.05, 4.69) is 0 Å². The fourth-order valence-corrected chi connectivity index (χ4v) is 3.97. The molecule has 0 spiro atoms. The molecule has 0 fully saturated rings. The minimum atomic E-state index is -1.68. The predicted octanol–water partition coefficient (Wildman–Crippen LogP) is 5.31. The summed E-state index contributed by atoms with van der Waals surface area (Å²) in [4.78, 5) is 0.496. The van der Waals surface area contributed by atoms with Gasteiger partial charge in [0.1, 0.15) is 11.6 Å². The van der Waals surface area contributed by atoms with Gasteiger partial charge in [-0.15, -0.1) is 0 Å². The van der Waals surface area contributed by atoms with E-state index in [9.17, 15) is 17.4 Å². The van der Waals surface area contributed by atoms with Crippen molar-refractivity contribution in [1.29, 1.82) is 0 Å². The van der Waals surface area contributed by atoms with Crippen LogP contribution in [0.2, 0.25) is 0 Å². The summed E-state index contributed by atoms with van der Waals surface area (Å²) in [7, 11) is -1.68. The van der Waals surface area contributed by atoms with E-state index in [1.54, 1.807) is 24.3 Å². The SMILES string of the molecule is Cc1ccc(S(=O)n2ccc3c(F)c(Oc4ccc(F)c(N)c4)c(F)cc32)cc1. The van der Waals surface area contributed by atoms with E-state index >= 15 is 0 Å². The number of nitrogen functional groups attached to an aromatic ring is 1. The van der Waals surface area contributed by atoms with Crippen LogP contribution in [0.25, 0.3) is 10.9 Å². The number of nitrogens with zero attached hydrogens (tertiary/aromatic N) is 1. The van der Waals surface area contributed by atoms with Crippen LogP contribution in [0, 0.1) is 24.4 Å². The monoisotopic (exact) mass is 416 g/mol. The molecule has 4 aromatic rings. The van der Waals surface area contributed by atoms with Crippen molar-refractivity contribution in [2.75, 3.05) is 5.73 Å². The molecule has 8 heteroatoms. The normalized spacial score (nSPS) is 12.3. The molecule has 4 rings (SSSR count). The number of anilines is 1. The van der Waals surface area contributed by atoms with Crippen LogP contribution in [-0.4, -0.2) is 8.18 Å². The summed E-state index contributed by atoms with van der Waals surface area (Å²) in [6.45, 7) is 1.90. The van der Waals surface area contributed by atoms with E-state index < -0.39 is 34.2 Å². The number of hydrogen-bond acceptors (Lipinski definition) is 3. The van der Waals surface area contributed by atoms with Crippen molar-refractivity contribution < 1.29 is 22.1 Å². The third kappa shape index (κ3) is 3.47. The van der Waals surface area contributed by atoms with Gasteiger partial charge in [-0.25, -0.2) is 17.4 Å². The number of benzene rings is 3. The van der Waals surface area contributed by atoms with Crippen molar-refractivity contribution in [2.45, 2.75) is 11.8 Å². The lowest BCUT2D eigenvalue weighted by molar-refractivity contribution is 0.410. The number of nitrogens with two attached hydrogens (primary N) is 1. The highest BCUT2D eigenvalue weighted by atomic mass is 32.2. The molecular weight excluding hydrogens is 401 g/mol. The molecule has 0 amide bonds. The fourth-order valence-electron chi connectivity index (χ4n) is 2.88. The second-order valence-corrected chi connectivity index (χ2v) is 7.79. The molecule has 1 unspecified atom stereocenters. The fraction of sp³-hybridized carbons (Fsp3) is 0.0476. The van der Waals surface area contributed by atoms with Crippen LogP contribution < -0.4 is 10.5 Å². The van der Waals surface area contributed by atoms with Gasteiger partial charge in [0.25, 0.3) is 0 Å². The first-order chi connectivity index (χ1) is 13.8. The average Bonchev–Trinajstić information content (AvgIpc) is 3.11. The highest BCUT2D eigenvalue weighted by Crippen LogP contribution is 2.35. The van der Waals surface area contributed by atoms with Gasteiger partial charge >= 0.3 is 0 Å². The summed E-state index contributed by atoms with van der Waals surface area (Å²) in [5.74, 6) is -3.27. The summed E-state index contributed by atoms with van der Waals surface area (Å²) >= 11 is 0. The van der Waals surface area contributed by atoms with Gasteiger partial charge < -0.3 is 10.5 Å². The van der Waals surface area contributed by atoms with Crippen molar-refractivity contribution in [3.63, 3.8) is 0 Å². The van der Waals surface area contributed by atoms with E-state index in [4.69, 9.17) is 10.5 Å². The van der Waals surface area contributed by atoms with Gasteiger partial charge in [0.2, 0.25) is 0 Å². The Kier molecular flexibility index (Phi) is 4.79. The number of fused-ring (bicyclic) bond motifs is 1. The molecule has 0 aliphatic heterocycles. The third-order valence-corrected chi connectivity index (χ3v) is 5.75. The maximum atomic E-state index is 14.9. The molecule has 0 aliphatic carbocycles. The number of rotatable bonds is 4. The van der Waals surface area contributed by atoms with Crippen LogP contribution in [-0.2, 0) is 11.0 Å². The van der Waals surface area contributed by atoms with Gasteiger partial charge in [-0.05, 0) is 37.3 Å². The van der Waals surface area contributed by atoms with Crippen LogP contribution in [0.15, 0.2) is 65.7 Å². The molecule has 1 atom stereocenters. The van der Waals surface area contributed by atoms with Crippen molar-refractivity contribution in [3.05, 3.63) is 83.8 Å². The minimum absolute atomic E-state index is 0.0104. The molecular formula is C21H15F3N2O2S. The lowest BCUT2D eigenvalue weighted by Crippen LogP contribution is -2.04. The molecule has 0 saturated heterocycles. The van der Waals surface area contributed by atoms with Gasteiger partial charge in [0.15, 0.2) is 28.4 Å². The topological polar surface area (TPSA) is 57.2 Å². The van der Waals surface area contributed by atoms with Crippen molar-refractivity contribution >= 4 is 27.6 Å². The molecule has 0 saturated carbocycles. The largest absolute Gasteiger partial charge is 0.451 e. The van der Waals surface area contributed by atoms with Gasteiger partial charge in [-0.1, -0.05) is 17.7 Å². The minimum Gasteiger partial charge on any atom is -0.451 e. The zero-order valence-corrected chi connectivity index (χ0v) is 16.0. The van der Waals surface area contributed by atoms with E-state index in [1.165, 1.54) is 22.3 Å². The smallest absolute Gasteiger partial charge is 0.199 e. The average molecular weight is 416 g/mol. The van der Waals surface area contributed by atoms with Gasteiger partial charge in [-0.3, -0.25) is 3.97 Å². The van der Waals surface area contributed by atoms with Gasteiger partial charge in [0.05, 0.1) is 16.1 Å². The van der Waals surface area contributed by atoms with Crippen LogP contribution in [0.5, 0.6) is 11.5 Å². The first-order valence-electron chi connectivity index (χ1n) is 8.56. The lowest BCUT2D eigenvalue weighted by Gasteiger charge is -2.11. The van der Waals surface area contributed by atoms with Crippen molar-refractivity contribution in [2.24, 2.45) is 0 Å². The van der Waals surface area contributed by atoms with Crippen LogP contribution in [0.4, 0.5) is 18.9 Å². The zero-order chi connectivity index (χ0) is 20.7. The number of halogens is 3. The maximum absolute atomic E-state index is 14.9. The van der Waals surface area contributed by atoms with E-state index in [0.29, 0.717) is 4.90 Å². The molecule has 29 heavy (non-hydrogen) atoms. The van der Waals surface area contributed by atoms with Crippen molar-refractivity contribution in [3.8, 4) is 11.5 Å². The third-order valence-electron chi connectivity index (χ3n) is 4.39. The summed E-state index contributed by atoms with van der Waals surface area (Å²) in [6, 6.07) is 12.8. The Morgan fingerprint density at radius 3 is 2.38 bits per heavy atom. The molecule has 1 heterocycles. The van der Waals surface area contributed by atoms with Gasteiger partial charge in [-0.2, -0.15) is 0 Å². The van der Waals surface area contributed by atoms with Crippen LogP contribution in [0.3, 0.4) is 0 Å². The Balaban J connectivity index is 1.76. The Labute approximate surface area is 166 Å². The molecule has 3 aromatic carbocycles. The summed E-state index contributed by atoms with van der Waals surface area (Å²) in [6.07, 6.45) is 1.42. The quantitative estimate of drug-likeness (QED) is 0.459. The molecule has 0 radical (unpaired) electrons. The molecule has 1 aromatic heterocycles. The first-order valence-corrected chi connectivity index (χ1v) is 9.66. The van der Waals surface area contributed by atoms with E-state index in [1.807, 2.05) is 6.92 Å². The second kappa shape index (κ2) is 7.29. The molecule has 2 N–H and O–H groups in total. The zero-order valence-electron chi connectivity index (χ0n) is 15.2. The Hall–Kier alpha value is -3.26. The maximum Gasteiger partial charge on any atom is 0.199 e. The van der Waals surface area contributed by atoms with Crippen LogP contribution in [0.1, 0.15) is 5.56 Å². The van der Waals surface area contributed by atoms with Crippen molar-refractivity contribution in [1.82, 2.24) is 3.97 Å². The summed E-state index contributed by atoms with van der Waals surface area (Å²) in [5.41, 5.74) is 6.38. The molecule has 148 valence electrons. The van der Waals surface area contributed by atoms with E-state index in [0.717, 1.165) is 23.8 Å². The number of aromatic nitrogens is 1. The highest BCUT2D eigenvalue weighted by Gasteiger charge is 2.20. The number of ether oxygens (including phenoxy) is 1. The van der Waals surface area contributed by atoms with E-state index in [-0.39, 0.29) is 22.3 Å². The van der Waals surface area contributed by atoms with Gasteiger partial charge in [0, 0.05) is 23.7 Å². The summed E-state index contributed by atoms with van der Waals surface area (Å²) in [5, 5.41) is 0.0388. The second-order valence-electron chi connectivity index (χ2n) is 6.42. The Morgan fingerprint density at radius 2 is 1.69 bits per heavy atom. The number of aryl methyl sites for hydroxylation is 1. The Bertz CT molecular complexity index is 1250. The standard InChI is InChI=1S/C21H15F3N2O2S/c1-12-2-5-14(6-3-12)29(27)26-9-8-15-19(26)11-17(23)21(20(15)24)28-13-4-7-16(22)18(25)10-13/h2-11H,25H2,1H3. The lowest BCUT2D eigenvalue weighted by atomic mass is 10.2. The highest BCUT2D eigenvalue weighted by molar-refractivity contribution is 7.83. The Morgan fingerprint density at radius 1 is 0.966 bits per heavy atom. The first kappa shape index (κ1) is 19.1. The molecule has 0 bridgehead atoms. The summed E-state index contributed by atoms with van der Waals surface area (Å²) < 4.78 is 62.3. The number of hydrogen-bond donors (Lipinski definition) is 1. The molecule has 4 nitrogen and oxygen atoms in total.